The molecule has 0 unspecified atom stereocenters. The van der Waals surface area contributed by atoms with Gasteiger partial charge in [-0.05, 0) is 48.9 Å². The molecule has 3 aromatic rings. The Labute approximate surface area is 187 Å². The van der Waals surface area contributed by atoms with Crippen molar-refractivity contribution in [3.8, 4) is 23.2 Å². The second kappa shape index (κ2) is 10.7. The summed E-state index contributed by atoms with van der Waals surface area (Å²) >= 11 is 0. The van der Waals surface area contributed by atoms with Gasteiger partial charge in [-0.15, -0.1) is 0 Å². The van der Waals surface area contributed by atoms with Crippen molar-refractivity contribution in [2.24, 2.45) is 0 Å². The fraction of sp³-hybridized carbons (Fsp3) is 0.250. The topological polar surface area (TPSA) is 92.1 Å². The molecule has 0 fully saturated rings. The van der Waals surface area contributed by atoms with Gasteiger partial charge in [0.2, 0.25) is 5.88 Å². The normalized spacial score (nSPS) is 11.0. The van der Waals surface area contributed by atoms with Crippen LogP contribution in [0, 0.1) is 17.1 Å². The first kappa shape index (κ1) is 23.2. The summed E-state index contributed by atoms with van der Waals surface area (Å²) in [5, 5.41) is 9.60. The lowest BCUT2D eigenvalue weighted by atomic mass is 10.1. The minimum atomic E-state index is -3.93. The van der Waals surface area contributed by atoms with E-state index in [0.717, 1.165) is 25.7 Å². The molecule has 0 saturated heterocycles. The van der Waals surface area contributed by atoms with Crippen LogP contribution in [0.3, 0.4) is 0 Å². The molecule has 32 heavy (non-hydrogen) atoms. The third-order valence-corrected chi connectivity index (χ3v) is 6.14. The second-order valence-corrected chi connectivity index (χ2v) is 8.87. The summed E-state index contributed by atoms with van der Waals surface area (Å²) in [5.41, 5.74) is 0.942. The van der Waals surface area contributed by atoms with Crippen molar-refractivity contribution in [2.75, 3.05) is 11.3 Å². The van der Waals surface area contributed by atoms with Gasteiger partial charge >= 0.3 is 0 Å². The first-order chi connectivity index (χ1) is 15.4. The lowest BCUT2D eigenvalue weighted by molar-refractivity contribution is 0.293. The van der Waals surface area contributed by atoms with Crippen LogP contribution in [0.5, 0.6) is 5.88 Å². The van der Waals surface area contributed by atoms with E-state index in [0.29, 0.717) is 12.2 Å². The largest absolute Gasteiger partial charge is 0.477 e. The minimum absolute atomic E-state index is 0.0693. The van der Waals surface area contributed by atoms with Gasteiger partial charge in [-0.2, -0.15) is 5.26 Å². The smallest absolute Gasteiger partial charge is 0.261 e. The Morgan fingerprint density at radius 3 is 2.44 bits per heavy atom. The van der Waals surface area contributed by atoms with E-state index in [1.807, 2.05) is 6.07 Å². The minimum Gasteiger partial charge on any atom is -0.477 e. The van der Waals surface area contributed by atoms with E-state index in [1.165, 1.54) is 42.5 Å². The molecule has 0 aliphatic rings. The molecule has 0 saturated carbocycles. The summed E-state index contributed by atoms with van der Waals surface area (Å²) in [6.07, 6.45) is 3.99. The van der Waals surface area contributed by atoms with Gasteiger partial charge in [0.05, 0.1) is 22.9 Å². The molecule has 0 bridgehead atoms. The Morgan fingerprint density at radius 1 is 1.06 bits per heavy atom. The highest BCUT2D eigenvalue weighted by Crippen LogP contribution is 2.33. The number of nitriles is 1. The Morgan fingerprint density at radius 2 is 1.78 bits per heavy atom. The van der Waals surface area contributed by atoms with Crippen LogP contribution in [0.4, 0.5) is 10.1 Å². The van der Waals surface area contributed by atoms with Gasteiger partial charge in [-0.3, -0.25) is 4.72 Å². The Balaban J connectivity index is 2.01. The number of nitrogens with zero attached hydrogens (tertiary/aromatic N) is 2. The van der Waals surface area contributed by atoms with E-state index in [4.69, 9.17) is 4.74 Å². The average molecular weight is 454 g/mol. The number of benzene rings is 2. The molecular formula is C24H24FN3O3S. The lowest BCUT2D eigenvalue weighted by Crippen LogP contribution is -2.14. The van der Waals surface area contributed by atoms with Gasteiger partial charge in [0, 0.05) is 5.56 Å². The van der Waals surface area contributed by atoms with Gasteiger partial charge in [0.15, 0.2) is 0 Å². The number of hydrogen-bond acceptors (Lipinski definition) is 5. The maximum atomic E-state index is 13.5. The summed E-state index contributed by atoms with van der Waals surface area (Å²) in [6.45, 7) is 2.50. The number of unbranched alkanes of at least 4 members (excludes halogenated alkanes) is 3. The van der Waals surface area contributed by atoms with Gasteiger partial charge in [-0.1, -0.05) is 44.4 Å². The first-order valence-electron chi connectivity index (χ1n) is 10.4. The van der Waals surface area contributed by atoms with E-state index in [-0.39, 0.29) is 27.7 Å². The molecule has 1 aromatic heterocycles. The molecule has 2 aromatic carbocycles. The van der Waals surface area contributed by atoms with Gasteiger partial charge in [-0.25, -0.2) is 17.8 Å². The van der Waals surface area contributed by atoms with Crippen molar-refractivity contribution in [2.45, 2.75) is 37.5 Å². The van der Waals surface area contributed by atoms with Crippen LogP contribution < -0.4 is 9.46 Å². The zero-order chi connectivity index (χ0) is 23.0. The van der Waals surface area contributed by atoms with Gasteiger partial charge < -0.3 is 4.74 Å². The monoisotopic (exact) mass is 453 g/mol. The van der Waals surface area contributed by atoms with Crippen LogP contribution in [0.1, 0.15) is 38.2 Å². The molecule has 0 amide bonds. The molecular weight excluding hydrogens is 429 g/mol. The maximum Gasteiger partial charge on any atom is 0.261 e. The molecule has 3 rings (SSSR count). The SMILES string of the molecule is CCCCCCOc1nc(-c2ccc(F)cc2)c(NS(=O)(=O)c2ccccc2)cc1C#N. The molecule has 8 heteroatoms. The molecule has 0 aliphatic heterocycles. The van der Waals surface area contributed by atoms with Gasteiger partial charge in [0.1, 0.15) is 17.4 Å². The number of anilines is 1. The molecule has 1 N–H and O–H groups in total. The second-order valence-electron chi connectivity index (χ2n) is 7.18. The average Bonchev–Trinajstić information content (AvgIpc) is 2.80. The summed E-state index contributed by atoms with van der Waals surface area (Å²) in [5.74, 6) is -0.313. The Hall–Kier alpha value is -3.44. The summed E-state index contributed by atoms with van der Waals surface area (Å²) < 4.78 is 47.5. The third kappa shape index (κ3) is 5.83. The molecule has 1 heterocycles. The summed E-state index contributed by atoms with van der Waals surface area (Å²) in [7, 11) is -3.93. The predicted molar refractivity (Wildman–Crippen MR) is 121 cm³/mol. The quantitative estimate of drug-likeness (QED) is 0.408. The van der Waals surface area contributed by atoms with E-state index in [1.54, 1.807) is 18.2 Å². The Kier molecular flexibility index (Phi) is 7.79. The molecule has 6 nitrogen and oxygen atoms in total. The highest BCUT2D eigenvalue weighted by Gasteiger charge is 2.20. The molecule has 0 spiro atoms. The highest BCUT2D eigenvalue weighted by molar-refractivity contribution is 7.92. The number of sulfonamides is 1. The van der Waals surface area contributed by atoms with Crippen molar-refractivity contribution in [1.29, 1.82) is 5.26 Å². The number of nitrogens with one attached hydrogen (secondary N) is 1. The number of ether oxygens (including phenoxy) is 1. The number of hydrogen-bond donors (Lipinski definition) is 1. The number of halogens is 1. The van der Waals surface area contributed by atoms with Crippen LogP contribution in [0.2, 0.25) is 0 Å². The van der Waals surface area contributed by atoms with Crippen molar-refractivity contribution in [1.82, 2.24) is 4.98 Å². The van der Waals surface area contributed by atoms with Crippen LogP contribution in [-0.4, -0.2) is 20.0 Å². The van der Waals surface area contributed by atoms with E-state index < -0.39 is 15.8 Å². The predicted octanol–water partition coefficient (Wildman–Crippen LogP) is 5.52. The van der Waals surface area contributed by atoms with Crippen molar-refractivity contribution in [3.05, 3.63) is 72.0 Å². The summed E-state index contributed by atoms with van der Waals surface area (Å²) in [4.78, 5) is 4.51. The van der Waals surface area contributed by atoms with E-state index >= 15 is 0 Å². The molecule has 0 radical (unpaired) electrons. The first-order valence-corrected chi connectivity index (χ1v) is 11.8. The molecule has 0 atom stereocenters. The van der Waals surface area contributed by atoms with Crippen LogP contribution in [-0.2, 0) is 10.0 Å². The fourth-order valence-corrected chi connectivity index (χ4v) is 4.17. The third-order valence-electron chi connectivity index (χ3n) is 4.76. The summed E-state index contributed by atoms with van der Waals surface area (Å²) in [6, 6.07) is 16.8. The zero-order valence-corrected chi connectivity index (χ0v) is 18.5. The highest BCUT2D eigenvalue weighted by atomic mass is 32.2. The number of pyridine rings is 1. The zero-order valence-electron chi connectivity index (χ0n) is 17.7. The van der Waals surface area contributed by atoms with E-state index in [9.17, 15) is 18.1 Å². The van der Waals surface area contributed by atoms with Crippen molar-refractivity contribution in [3.63, 3.8) is 0 Å². The molecule has 0 aliphatic carbocycles. The number of aromatic nitrogens is 1. The standard InChI is InChI=1S/C24H24FN3O3S/c1-2-3-4-8-15-31-24-19(17-26)16-22(23(27-24)18-11-13-20(25)14-12-18)28-32(29,30)21-9-6-5-7-10-21/h5-7,9-14,16,28H,2-4,8,15H2,1H3. The fourth-order valence-electron chi connectivity index (χ4n) is 3.09. The van der Waals surface area contributed by atoms with Crippen LogP contribution in [0.25, 0.3) is 11.3 Å². The number of rotatable bonds is 10. The van der Waals surface area contributed by atoms with Crippen LogP contribution in [0.15, 0.2) is 65.6 Å². The lowest BCUT2D eigenvalue weighted by Gasteiger charge is -2.15. The molecule has 166 valence electrons. The maximum absolute atomic E-state index is 13.5. The van der Waals surface area contributed by atoms with Crippen molar-refractivity contribution < 1.29 is 17.5 Å². The Bertz CT molecular complexity index is 1190. The van der Waals surface area contributed by atoms with Crippen molar-refractivity contribution >= 4 is 15.7 Å². The van der Waals surface area contributed by atoms with Crippen LogP contribution >= 0.6 is 0 Å². The van der Waals surface area contributed by atoms with E-state index in [2.05, 4.69) is 16.6 Å². The van der Waals surface area contributed by atoms with Gasteiger partial charge in [0.25, 0.3) is 10.0 Å².